The van der Waals surface area contributed by atoms with Crippen molar-refractivity contribution < 1.29 is 30.7 Å². The summed E-state index contributed by atoms with van der Waals surface area (Å²) in [5, 5.41) is 10.7. The van der Waals surface area contributed by atoms with Gasteiger partial charge in [0, 0.05) is 25.1 Å². The van der Waals surface area contributed by atoms with Crippen molar-refractivity contribution in [3.05, 3.63) is 64.2 Å². The molecule has 2 aromatic rings. The average Bonchev–Trinajstić information content (AvgIpc) is 3.13. The Hall–Kier alpha value is -2.87. The maximum atomic E-state index is 13.0. The van der Waals surface area contributed by atoms with Gasteiger partial charge in [-0.15, -0.1) is 0 Å². The van der Waals surface area contributed by atoms with E-state index in [0.29, 0.717) is 0 Å². The van der Waals surface area contributed by atoms with Crippen molar-refractivity contribution in [2.75, 3.05) is 6.54 Å². The van der Waals surface area contributed by atoms with Crippen molar-refractivity contribution in [1.82, 2.24) is 4.31 Å². The molecule has 3 rings (SSSR count). The van der Waals surface area contributed by atoms with Crippen molar-refractivity contribution in [1.29, 1.82) is 0 Å². The van der Waals surface area contributed by atoms with Gasteiger partial charge < -0.3 is 5.73 Å². The van der Waals surface area contributed by atoms with E-state index in [1.54, 1.807) is 19.1 Å². The molecule has 0 saturated carbocycles. The summed E-state index contributed by atoms with van der Waals surface area (Å²) < 4.78 is 57.0. The quantitative estimate of drug-likeness (QED) is 0.355. The second kappa shape index (κ2) is 8.34. The first-order valence-electron chi connectivity index (χ1n) is 8.97. The standard InChI is InChI=1S/C18H19N3O8S2/c1-12-2-6-15(7-3-12)30(25,26)20-11-14(10-17(20)18(19)22)29-31(27,28)16-8-4-13(5-9-16)21(23)24/h2-9,14,17H,10-11H2,1H3,(H2,19,22). The third-order valence-electron chi connectivity index (χ3n) is 4.77. The van der Waals surface area contributed by atoms with Gasteiger partial charge in [0.25, 0.3) is 15.8 Å². The number of nitrogens with two attached hydrogens (primary N) is 1. The molecule has 0 aliphatic carbocycles. The van der Waals surface area contributed by atoms with Crippen LogP contribution in [-0.2, 0) is 29.1 Å². The van der Waals surface area contributed by atoms with Gasteiger partial charge >= 0.3 is 0 Å². The fraction of sp³-hybridized carbons (Fsp3) is 0.278. The van der Waals surface area contributed by atoms with Gasteiger partial charge in [0.2, 0.25) is 15.9 Å². The molecule has 2 unspecified atom stereocenters. The van der Waals surface area contributed by atoms with Crippen LogP contribution in [0.4, 0.5) is 5.69 Å². The van der Waals surface area contributed by atoms with E-state index in [-0.39, 0.29) is 21.9 Å². The van der Waals surface area contributed by atoms with Crippen LogP contribution in [0, 0.1) is 17.0 Å². The predicted molar refractivity (Wildman–Crippen MR) is 108 cm³/mol. The van der Waals surface area contributed by atoms with Gasteiger partial charge in [-0.05, 0) is 31.2 Å². The van der Waals surface area contributed by atoms with Gasteiger partial charge in [-0.25, -0.2) is 8.42 Å². The van der Waals surface area contributed by atoms with E-state index >= 15 is 0 Å². The molecule has 2 N–H and O–H groups in total. The molecule has 31 heavy (non-hydrogen) atoms. The molecule has 1 fully saturated rings. The first-order chi connectivity index (χ1) is 14.4. The molecule has 1 aliphatic rings. The number of nitrogens with zero attached hydrogens (tertiary/aromatic N) is 2. The van der Waals surface area contributed by atoms with Gasteiger partial charge in [0.1, 0.15) is 6.04 Å². The highest BCUT2D eigenvalue weighted by Gasteiger charge is 2.45. The zero-order valence-corrected chi connectivity index (χ0v) is 17.9. The molecule has 1 heterocycles. The summed E-state index contributed by atoms with van der Waals surface area (Å²) in [5.74, 6) is -0.936. The number of aryl methyl sites for hydroxylation is 1. The summed E-state index contributed by atoms with van der Waals surface area (Å²) in [7, 11) is -8.51. The molecule has 0 radical (unpaired) electrons. The molecular formula is C18H19N3O8S2. The van der Waals surface area contributed by atoms with Crippen LogP contribution in [0.2, 0.25) is 0 Å². The fourth-order valence-electron chi connectivity index (χ4n) is 3.18. The highest BCUT2D eigenvalue weighted by molar-refractivity contribution is 7.89. The van der Waals surface area contributed by atoms with E-state index in [1.807, 2.05) is 0 Å². The summed E-state index contributed by atoms with van der Waals surface area (Å²) in [5.41, 5.74) is 5.89. The molecule has 1 amide bonds. The number of nitro benzene ring substituents is 1. The maximum absolute atomic E-state index is 13.0. The lowest BCUT2D eigenvalue weighted by molar-refractivity contribution is -0.384. The highest BCUT2D eigenvalue weighted by Crippen LogP contribution is 2.30. The monoisotopic (exact) mass is 469 g/mol. The minimum Gasteiger partial charge on any atom is -0.368 e. The van der Waals surface area contributed by atoms with Crippen LogP contribution >= 0.6 is 0 Å². The van der Waals surface area contributed by atoms with Crippen LogP contribution in [0.3, 0.4) is 0 Å². The van der Waals surface area contributed by atoms with Gasteiger partial charge in [-0.1, -0.05) is 17.7 Å². The topological polar surface area (TPSA) is 167 Å². The van der Waals surface area contributed by atoms with Crippen molar-refractivity contribution >= 4 is 31.7 Å². The molecule has 0 spiro atoms. The van der Waals surface area contributed by atoms with E-state index in [1.165, 1.54) is 12.1 Å². The number of sulfonamides is 1. The van der Waals surface area contributed by atoms with Gasteiger partial charge in [-0.3, -0.25) is 19.1 Å². The lowest BCUT2D eigenvalue weighted by Crippen LogP contribution is -2.43. The molecule has 166 valence electrons. The normalized spacial score (nSPS) is 19.9. The Balaban J connectivity index is 1.85. The zero-order chi connectivity index (χ0) is 23.0. The van der Waals surface area contributed by atoms with E-state index < -0.39 is 49.7 Å². The van der Waals surface area contributed by atoms with E-state index in [0.717, 1.165) is 34.1 Å². The van der Waals surface area contributed by atoms with Gasteiger partial charge in [-0.2, -0.15) is 12.7 Å². The number of primary amides is 1. The van der Waals surface area contributed by atoms with Gasteiger partial charge in [0.15, 0.2) is 0 Å². The number of amides is 1. The number of hydrogen-bond donors (Lipinski definition) is 1. The second-order valence-corrected chi connectivity index (χ2v) is 10.4. The average molecular weight is 469 g/mol. The minimum absolute atomic E-state index is 0.0665. The lowest BCUT2D eigenvalue weighted by Gasteiger charge is -2.21. The number of carbonyl (C=O) groups is 1. The molecule has 1 saturated heterocycles. The van der Waals surface area contributed by atoms with Crippen LogP contribution < -0.4 is 5.73 Å². The van der Waals surface area contributed by atoms with Crippen LogP contribution in [-0.4, -0.2) is 50.7 Å². The largest absolute Gasteiger partial charge is 0.368 e. The predicted octanol–water partition coefficient (Wildman–Crippen LogP) is 0.926. The fourth-order valence-corrected chi connectivity index (χ4v) is 5.89. The van der Waals surface area contributed by atoms with Crippen molar-refractivity contribution in [3.8, 4) is 0 Å². The number of carbonyl (C=O) groups excluding carboxylic acids is 1. The molecular weight excluding hydrogens is 450 g/mol. The second-order valence-electron chi connectivity index (χ2n) is 6.97. The van der Waals surface area contributed by atoms with Crippen molar-refractivity contribution in [2.24, 2.45) is 5.73 Å². The molecule has 1 aliphatic heterocycles. The zero-order valence-electron chi connectivity index (χ0n) is 16.2. The van der Waals surface area contributed by atoms with Crippen molar-refractivity contribution in [3.63, 3.8) is 0 Å². The highest BCUT2D eigenvalue weighted by atomic mass is 32.2. The van der Waals surface area contributed by atoms with E-state index in [2.05, 4.69) is 0 Å². The molecule has 0 aromatic heterocycles. The summed E-state index contributed by atoms with van der Waals surface area (Å²) in [4.78, 5) is 21.5. The van der Waals surface area contributed by atoms with Crippen LogP contribution in [0.5, 0.6) is 0 Å². The van der Waals surface area contributed by atoms with Crippen molar-refractivity contribution in [2.45, 2.75) is 35.3 Å². The Morgan fingerprint density at radius 1 is 1.06 bits per heavy atom. The summed E-state index contributed by atoms with van der Waals surface area (Å²) >= 11 is 0. The summed E-state index contributed by atoms with van der Waals surface area (Å²) in [6, 6.07) is 8.68. The Morgan fingerprint density at radius 2 is 1.61 bits per heavy atom. The Bertz CT molecular complexity index is 1210. The third-order valence-corrected chi connectivity index (χ3v) is 8.04. The number of hydrogen-bond acceptors (Lipinski definition) is 8. The first kappa shape index (κ1) is 22.8. The third kappa shape index (κ3) is 4.74. The number of benzene rings is 2. The molecule has 13 heteroatoms. The summed E-state index contributed by atoms with van der Waals surface area (Å²) in [6.45, 7) is 1.38. The molecule has 0 bridgehead atoms. The van der Waals surface area contributed by atoms with Gasteiger partial charge in [0.05, 0.1) is 20.8 Å². The summed E-state index contributed by atoms with van der Waals surface area (Å²) in [6.07, 6.45) is -1.43. The Morgan fingerprint density at radius 3 is 2.13 bits per heavy atom. The Kier molecular flexibility index (Phi) is 6.14. The van der Waals surface area contributed by atoms with Crippen LogP contribution in [0.1, 0.15) is 12.0 Å². The SMILES string of the molecule is Cc1ccc(S(=O)(=O)N2CC(OS(=O)(=O)c3ccc([N+](=O)[O-])cc3)CC2C(N)=O)cc1. The number of nitro groups is 1. The van der Waals surface area contributed by atoms with E-state index in [4.69, 9.17) is 9.92 Å². The Labute approximate surface area is 178 Å². The molecule has 11 nitrogen and oxygen atoms in total. The minimum atomic E-state index is -4.37. The van der Waals surface area contributed by atoms with Crippen LogP contribution in [0.15, 0.2) is 58.3 Å². The molecule has 2 aromatic carbocycles. The lowest BCUT2D eigenvalue weighted by atomic mass is 10.2. The van der Waals surface area contributed by atoms with Crippen LogP contribution in [0.25, 0.3) is 0 Å². The smallest absolute Gasteiger partial charge is 0.297 e. The maximum Gasteiger partial charge on any atom is 0.297 e. The van der Waals surface area contributed by atoms with E-state index in [9.17, 15) is 31.7 Å². The number of non-ortho nitro benzene ring substituents is 1. The number of rotatable bonds is 7. The molecule has 2 atom stereocenters. The first-order valence-corrected chi connectivity index (χ1v) is 11.8.